The maximum Gasteiger partial charge on any atom is 0.254 e. The van der Waals surface area contributed by atoms with Gasteiger partial charge in [-0.3, -0.25) is 9.59 Å². The fourth-order valence-corrected chi connectivity index (χ4v) is 7.35. The molecule has 4 aromatic rings. The number of nitrogens with zero attached hydrogens (tertiary/aromatic N) is 1. The third-order valence-corrected chi connectivity index (χ3v) is 10.7. The van der Waals surface area contributed by atoms with Crippen LogP contribution in [0, 0.1) is 12.8 Å². The molecule has 1 amide bonds. The molecule has 1 N–H and O–H groups in total. The standard InChI is InChI=1S/C44H53NO4/c1-31(2)36-17-12-18-40(29-36)44(21-23-49-24-22-44)20-19-41(46)38(27-34-13-8-6-9-14-34)30-42(47)37-25-32(3)26-39(28-37)43(48)45(5)33(4)35-15-10-7-11-16-35/h6-18,25-26,28-29,31,33,38,41,46H,19-24,27,30H2,1-5H3/t33-,38-,41-/m1/s1. The van der Waals surface area contributed by atoms with Crippen molar-refractivity contribution in [1.29, 1.82) is 0 Å². The van der Waals surface area contributed by atoms with E-state index in [1.165, 1.54) is 11.1 Å². The number of hydrogen-bond acceptors (Lipinski definition) is 4. The number of aliphatic hydroxyl groups is 1. The van der Waals surface area contributed by atoms with E-state index in [0.717, 1.165) is 36.0 Å². The molecule has 49 heavy (non-hydrogen) atoms. The smallest absolute Gasteiger partial charge is 0.254 e. The topological polar surface area (TPSA) is 66.8 Å². The van der Waals surface area contributed by atoms with Gasteiger partial charge >= 0.3 is 0 Å². The number of benzene rings is 4. The molecule has 1 heterocycles. The maximum absolute atomic E-state index is 14.0. The first-order valence-corrected chi connectivity index (χ1v) is 17.9. The number of amides is 1. The predicted molar refractivity (Wildman–Crippen MR) is 198 cm³/mol. The van der Waals surface area contributed by atoms with Crippen molar-refractivity contribution in [1.82, 2.24) is 4.90 Å². The third-order valence-electron chi connectivity index (χ3n) is 10.7. The summed E-state index contributed by atoms with van der Waals surface area (Å²) in [6.07, 6.45) is 3.39. The second-order valence-corrected chi connectivity index (χ2v) is 14.4. The molecule has 4 aromatic carbocycles. The Morgan fingerprint density at radius 1 is 0.816 bits per heavy atom. The van der Waals surface area contributed by atoms with Crippen LogP contribution >= 0.6 is 0 Å². The zero-order chi connectivity index (χ0) is 35.0. The molecule has 0 aliphatic carbocycles. The van der Waals surface area contributed by atoms with Gasteiger partial charge < -0.3 is 14.7 Å². The molecule has 0 aromatic heterocycles. The molecule has 0 unspecified atom stereocenters. The molecule has 0 radical (unpaired) electrons. The summed E-state index contributed by atoms with van der Waals surface area (Å²) < 4.78 is 5.81. The first kappa shape index (κ1) is 36.2. The van der Waals surface area contributed by atoms with E-state index in [1.54, 1.807) is 18.0 Å². The molecule has 258 valence electrons. The predicted octanol–water partition coefficient (Wildman–Crippen LogP) is 9.27. The van der Waals surface area contributed by atoms with E-state index < -0.39 is 6.10 Å². The number of ketones is 1. The molecule has 0 saturated carbocycles. The van der Waals surface area contributed by atoms with Crippen LogP contribution in [-0.2, 0) is 16.6 Å². The highest BCUT2D eigenvalue weighted by molar-refractivity contribution is 6.01. The highest BCUT2D eigenvalue weighted by atomic mass is 16.5. The summed E-state index contributed by atoms with van der Waals surface area (Å²) in [5, 5.41) is 11.9. The van der Waals surface area contributed by atoms with Gasteiger partial charge in [0.15, 0.2) is 5.78 Å². The Kier molecular flexibility index (Phi) is 12.2. The van der Waals surface area contributed by atoms with Crippen LogP contribution in [-0.4, -0.2) is 48.1 Å². The first-order valence-electron chi connectivity index (χ1n) is 17.9. The summed E-state index contributed by atoms with van der Waals surface area (Å²) in [5.41, 5.74) is 6.61. The third kappa shape index (κ3) is 9.14. The minimum absolute atomic E-state index is 0.0538. The summed E-state index contributed by atoms with van der Waals surface area (Å²) >= 11 is 0. The van der Waals surface area contributed by atoms with E-state index in [2.05, 4.69) is 50.2 Å². The Labute approximate surface area is 293 Å². The maximum atomic E-state index is 14.0. The SMILES string of the molecule is Cc1cc(C(=O)C[C@@H](Cc2ccccc2)[C@H](O)CCC2(c3cccc(C(C)C)c3)CCOCC2)cc(C(=O)N(C)[C@H](C)c2ccccc2)c1. The number of ether oxygens (including phenoxy) is 1. The van der Waals surface area contributed by atoms with Gasteiger partial charge in [-0.1, -0.05) is 98.8 Å². The van der Waals surface area contributed by atoms with Crippen LogP contribution in [0.1, 0.15) is 113 Å². The van der Waals surface area contributed by atoms with E-state index in [1.807, 2.05) is 74.5 Å². The second kappa shape index (κ2) is 16.6. The Bertz CT molecular complexity index is 1680. The molecule has 0 bridgehead atoms. The summed E-state index contributed by atoms with van der Waals surface area (Å²) in [5.74, 6) is -0.0109. The highest BCUT2D eigenvalue weighted by Crippen LogP contribution is 2.41. The molecule has 0 spiro atoms. The summed E-state index contributed by atoms with van der Waals surface area (Å²) in [6.45, 7) is 9.80. The van der Waals surface area contributed by atoms with Crippen molar-refractivity contribution < 1.29 is 19.4 Å². The van der Waals surface area contributed by atoms with Crippen LogP contribution < -0.4 is 0 Å². The van der Waals surface area contributed by atoms with Gasteiger partial charge in [0.1, 0.15) is 0 Å². The molecule has 1 fully saturated rings. The number of Topliss-reactive ketones (excluding diaryl/α,β-unsaturated/α-hetero) is 1. The lowest BCUT2D eigenvalue weighted by atomic mass is 9.69. The Morgan fingerprint density at radius 3 is 2.12 bits per heavy atom. The first-order chi connectivity index (χ1) is 23.6. The van der Waals surface area contributed by atoms with E-state index in [-0.39, 0.29) is 35.5 Å². The molecule has 5 rings (SSSR count). The molecular formula is C44H53NO4. The Morgan fingerprint density at radius 2 is 1.45 bits per heavy atom. The van der Waals surface area contributed by atoms with E-state index in [9.17, 15) is 14.7 Å². The molecule has 3 atom stereocenters. The second-order valence-electron chi connectivity index (χ2n) is 14.4. The van der Waals surface area contributed by atoms with Crippen molar-refractivity contribution in [2.45, 2.75) is 89.7 Å². The quantitative estimate of drug-likeness (QED) is 0.137. The number of rotatable bonds is 14. The zero-order valence-corrected chi connectivity index (χ0v) is 29.9. The fourth-order valence-electron chi connectivity index (χ4n) is 7.35. The molecule has 5 heteroatoms. The van der Waals surface area contributed by atoms with E-state index in [4.69, 9.17) is 4.74 Å². The van der Waals surface area contributed by atoms with E-state index >= 15 is 0 Å². The Hall–Kier alpha value is -4.06. The monoisotopic (exact) mass is 659 g/mol. The minimum atomic E-state index is -0.666. The average Bonchev–Trinajstić information content (AvgIpc) is 3.13. The number of carbonyl (C=O) groups is 2. The van der Waals surface area contributed by atoms with Crippen LogP contribution in [0.25, 0.3) is 0 Å². The summed E-state index contributed by atoms with van der Waals surface area (Å²) in [4.78, 5) is 29.4. The van der Waals surface area contributed by atoms with Gasteiger partial charge in [0.05, 0.1) is 12.1 Å². The van der Waals surface area contributed by atoms with Crippen LogP contribution in [0.2, 0.25) is 0 Å². The largest absolute Gasteiger partial charge is 0.393 e. The molecule has 1 saturated heterocycles. The summed E-state index contributed by atoms with van der Waals surface area (Å²) in [7, 11) is 1.81. The minimum Gasteiger partial charge on any atom is -0.393 e. The van der Waals surface area contributed by atoms with Gasteiger partial charge in [-0.25, -0.2) is 0 Å². The van der Waals surface area contributed by atoms with Crippen LogP contribution in [0.5, 0.6) is 0 Å². The van der Waals surface area contributed by atoms with Crippen molar-refractivity contribution in [3.05, 3.63) is 142 Å². The van der Waals surface area contributed by atoms with Gasteiger partial charge in [-0.2, -0.15) is 0 Å². The van der Waals surface area contributed by atoms with Crippen LogP contribution in [0.4, 0.5) is 0 Å². The van der Waals surface area contributed by atoms with Crippen molar-refractivity contribution in [2.75, 3.05) is 20.3 Å². The number of aliphatic hydroxyl groups excluding tert-OH is 1. The lowest BCUT2D eigenvalue weighted by Gasteiger charge is -2.39. The normalized spacial score (nSPS) is 16.1. The van der Waals surface area contributed by atoms with Crippen molar-refractivity contribution >= 4 is 11.7 Å². The van der Waals surface area contributed by atoms with Gasteiger partial charge in [0.2, 0.25) is 0 Å². The zero-order valence-electron chi connectivity index (χ0n) is 29.9. The van der Waals surface area contributed by atoms with Crippen molar-refractivity contribution in [3.8, 4) is 0 Å². The lowest BCUT2D eigenvalue weighted by Crippen LogP contribution is -2.36. The van der Waals surface area contributed by atoms with Crippen LogP contribution in [0.3, 0.4) is 0 Å². The molecular weight excluding hydrogens is 606 g/mol. The van der Waals surface area contributed by atoms with E-state index in [0.29, 0.717) is 43.1 Å². The number of aryl methyl sites for hydroxylation is 1. The van der Waals surface area contributed by atoms with Gasteiger partial charge in [-0.15, -0.1) is 0 Å². The summed E-state index contributed by atoms with van der Waals surface area (Å²) in [6, 6.07) is 34.4. The lowest BCUT2D eigenvalue weighted by molar-refractivity contribution is 0.0314. The van der Waals surface area contributed by atoms with Gasteiger partial charge in [0, 0.05) is 37.8 Å². The highest BCUT2D eigenvalue weighted by Gasteiger charge is 2.36. The molecule has 5 nitrogen and oxygen atoms in total. The number of hydrogen-bond donors (Lipinski definition) is 1. The molecule has 1 aliphatic rings. The average molecular weight is 660 g/mol. The van der Waals surface area contributed by atoms with Gasteiger partial charge in [-0.05, 0) is 109 Å². The number of carbonyl (C=O) groups excluding carboxylic acids is 2. The van der Waals surface area contributed by atoms with Crippen LogP contribution in [0.15, 0.2) is 103 Å². The van der Waals surface area contributed by atoms with Crippen molar-refractivity contribution in [2.24, 2.45) is 5.92 Å². The fraction of sp³-hybridized carbons (Fsp3) is 0.409. The Balaban J connectivity index is 1.36. The molecule has 1 aliphatic heterocycles. The van der Waals surface area contributed by atoms with Crippen molar-refractivity contribution in [3.63, 3.8) is 0 Å². The van der Waals surface area contributed by atoms with Gasteiger partial charge in [0.25, 0.3) is 5.91 Å².